The summed E-state index contributed by atoms with van der Waals surface area (Å²) in [5.41, 5.74) is 2.60. The van der Waals surface area contributed by atoms with Gasteiger partial charge < -0.3 is 9.47 Å². The number of halogens is 3. The van der Waals surface area contributed by atoms with Crippen LogP contribution in [0.15, 0.2) is 71.6 Å². The molecule has 1 aliphatic rings. The van der Waals surface area contributed by atoms with E-state index in [0.29, 0.717) is 31.6 Å². The Morgan fingerprint density at radius 1 is 0.824 bits per heavy atom. The van der Waals surface area contributed by atoms with Gasteiger partial charge in [0.25, 0.3) is 0 Å². The van der Waals surface area contributed by atoms with E-state index in [1.54, 1.807) is 12.1 Å². The third-order valence-corrected chi connectivity index (χ3v) is 7.85. The van der Waals surface area contributed by atoms with Gasteiger partial charge >= 0.3 is 0 Å². The molecule has 0 spiro atoms. The highest BCUT2D eigenvalue weighted by molar-refractivity contribution is 7.89. The van der Waals surface area contributed by atoms with E-state index in [1.807, 2.05) is 33.7 Å². The number of hydrogen-bond donors (Lipinski definition) is 0. The predicted molar refractivity (Wildman–Crippen MR) is 123 cm³/mol. The molecule has 34 heavy (non-hydrogen) atoms. The first-order chi connectivity index (χ1) is 16.3. The van der Waals surface area contributed by atoms with Crippen molar-refractivity contribution in [1.82, 2.24) is 13.9 Å². The molecule has 176 valence electrons. The van der Waals surface area contributed by atoms with Crippen molar-refractivity contribution >= 4 is 27.0 Å². The van der Waals surface area contributed by atoms with Crippen LogP contribution in [-0.4, -0.2) is 48.5 Å². The molecule has 0 N–H and O–H groups in total. The quantitative estimate of drug-likeness (QED) is 0.428. The number of nitrogens with zero attached hydrogens (tertiary/aromatic N) is 4. The van der Waals surface area contributed by atoms with Gasteiger partial charge in [-0.3, -0.25) is 0 Å². The van der Waals surface area contributed by atoms with Crippen molar-refractivity contribution in [2.45, 2.75) is 11.4 Å². The maximum Gasteiger partial charge on any atom is 0.246 e. The summed E-state index contributed by atoms with van der Waals surface area (Å²) in [5.74, 6) is -1.57. The number of imidazole rings is 1. The molecule has 0 atom stereocenters. The molecule has 0 amide bonds. The second kappa shape index (κ2) is 8.77. The summed E-state index contributed by atoms with van der Waals surface area (Å²) in [6.45, 7) is 1.40. The fourth-order valence-corrected chi connectivity index (χ4v) is 5.65. The second-order valence-corrected chi connectivity index (χ2v) is 9.99. The van der Waals surface area contributed by atoms with Gasteiger partial charge in [-0.25, -0.2) is 26.6 Å². The average Bonchev–Trinajstić information content (AvgIpc) is 3.19. The SMILES string of the molecule is O=S(=O)(c1ccc(F)cc1F)N1CCN(c2nc3ccccc3n2Cc2ccc(F)cc2)CC1. The van der Waals surface area contributed by atoms with E-state index in [0.717, 1.165) is 28.7 Å². The fraction of sp³-hybridized carbons (Fsp3) is 0.208. The summed E-state index contributed by atoms with van der Waals surface area (Å²) in [4.78, 5) is 6.21. The summed E-state index contributed by atoms with van der Waals surface area (Å²) in [6.07, 6.45) is 0. The smallest absolute Gasteiger partial charge is 0.246 e. The summed E-state index contributed by atoms with van der Waals surface area (Å²) < 4.78 is 69.8. The van der Waals surface area contributed by atoms with E-state index in [1.165, 1.54) is 16.4 Å². The summed E-state index contributed by atoms with van der Waals surface area (Å²) in [7, 11) is -4.10. The Labute approximate surface area is 194 Å². The van der Waals surface area contributed by atoms with E-state index in [2.05, 4.69) is 0 Å². The van der Waals surface area contributed by atoms with Crippen LogP contribution >= 0.6 is 0 Å². The van der Waals surface area contributed by atoms with Gasteiger partial charge in [-0.2, -0.15) is 4.31 Å². The maximum absolute atomic E-state index is 14.2. The number of sulfonamides is 1. The molecule has 1 saturated heterocycles. The Balaban J connectivity index is 1.41. The van der Waals surface area contributed by atoms with Crippen molar-refractivity contribution in [3.05, 3.63) is 89.7 Å². The molecule has 1 aliphatic heterocycles. The Morgan fingerprint density at radius 2 is 1.50 bits per heavy atom. The van der Waals surface area contributed by atoms with Crippen LogP contribution in [-0.2, 0) is 16.6 Å². The summed E-state index contributed by atoms with van der Waals surface area (Å²) >= 11 is 0. The predicted octanol–water partition coefficient (Wildman–Crippen LogP) is 4.01. The van der Waals surface area contributed by atoms with E-state index in [9.17, 15) is 21.6 Å². The van der Waals surface area contributed by atoms with Crippen LogP contribution in [0, 0.1) is 17.5 Å². The van der Waals surface area contributed by atoms with Gasteiger partial charge in [0.2, 0.25) is 16.0 Å². The van der Waals surface area contributed by atoms with Crippen molar-refractivity contribution in [1.29, 1.82) is 0 Å². The number of benzene rings is 3. The number of piperazine rings is 1. The third kappa shape index (κ3) is 4.14. The minimum absolute atomic E-state index is 0.124. The highest BCUT2D eigenvalue weighted by Crippen LogP contribution is 2.27. The van der Waals surface area contributed by atoms with Gasteiger partial charge in [0.15, 0.2) is 0 Å². The Bertz CT molecular complexity index is 1450. The van der Waals surface area contributed by atoms with Crippen LogP contribution in [0.4, 0.5) is 19.1 Å². The lowest BCUT2D eigenvalue weighted by Crippen LogP contribution is -2.49. The number of rotatable bonds is 5. The Kier molecular flexibility index (Phi) is 5.78. The molecule has 1 aromatic heterocycles. The number of para-hydroxylation sites is 2. The van der Waals surface area contributed by atoms with Crippen molar-refractivity contribution in [3.8, 4) is 0 Å². The molecule has 0 bridgehead atoms. The van der Waals surface area contributed by atoms with Crippen molar-refractivity contribution in [3.63, 3.8) is 0 Å². The lowest BCUT2D eigenvalue weighted by atomic mass is 10.2. The standard InChI is InChI=1S/C24H21F3N4O2S/c25-18-7-5-17(6-8-18)16-31-22-4-2-1-3-21(22)28-24(31)29-11-13-30(14-12-29)34(32,33)23-10-9-19(26)15-20(23)27/h1-10,15H,11-14,16H2. The molecule has 10 heteroatoms. The van der Waals surface area contributed by atoms with Gasteiger partial charge in [0.1, 0.15) is 22.3 Å². The molecular weight excluding hydrogens is 465 g/mol. The minimum Gasteiger partial charge on any atom is -0.340 e. The highest BCUT2D eigenvalue weighted by Gasteiger charge is 2.32. The third-order valence-electron chi connectivity index (χ3n) is 5.92. The largest absolute Gasteiger partial charge is 0.340 e. The molecular formula is C24H21F3N4O2S. The van der Waals surface area contributed by atoms with Gasteiger partial charge in [-0.15, -0.1) is 0 Å². The van der Waals surface area contributed by atoms with Crippen LogP contribution in [0.25, 0.3) is 11.0 Å². The highest BCUT2D eigenvalue weighted by atomic mass is 32.2. The van der Waals surface area contributed by atoms with Gasteiger partial charge in [0.05, 0.1) is 17.6 Å². The van der Waals surface area contributed by atoms with E-state index in [4.69, 9.17) is 4.98 Å². The van der Waals surface area contributed by atoms with Crippen molar-refractivity contribution in [2.24, 2.45) is 0 Å². The normalized spacial score (nSPS) is 15.2. The number of hydrogen-bond acceptors (Lipinski definition) is 4. The zero-order chi connectivity index (χ0) is 23.9. The molecule has 1 fully saturated rings. The number of fused-ring (bicyclic) bond motifs is 1. The first-order valence-electron chi connectivity index (χ1n) is 10.7. The summed E-state index contributed by atoms with van der Waals surface area (Å²) in [5, 5.41) is 0. The maximum atomic E-state index is 14.2. The lowest BCUT2D eigenvalue weighted by Gasteiger charge is -2.34. The lowest BCUT2D eigenvalue weighted by molar-refractivity contribution is 0.378. The molecule has 0 unspecified atom stereocenters. The molecule has 6 nitrogen and oxygen atoms in total. The molecule has 5 rings (SSSR count). The summed E-state index contributed by atoms with van der Waals surface area (Å²) in [6, 6.07) is 16.4. The van der Waals surface area contributed by atoms with E-state index < -0.39 is 26.6 Å². The van der Waals surface area contributed by atoms with Crippen molar-refractivity contribution < 1.29 is 21.6 Å². The molecule has 0 saturated carbocycles. The first kappa shape index (κ1) is 22.4. The van der Waals surface area contributed by atoms with Gasteiger partial charge in [-0.1, -0.05) is 24.3 Å². The molecule has 2 heterocycles. The second-order valence-electron chi connectivity index (χ2n) is 8.08. The molecule has 4 aromatic rings. The van der Waals surface area contributed by atoms with Crippen molar-refractivity contribution in [2.75, 3.05) is 31.1 Å². The Hall–Kier alpha value is -3.37. The average molecular weight is 487 g/mol. The Morgan fingerprint density at radius 3 is 2.21 bits per heavy atom. The minimum atomic E-state index is -4.10. The molecule has 0 radical (unpaired) electrons. The topological polar surface area (TPSA) is 58.4 Å². The van der Waals surface area contributed by atoms with E-state index in [-0.39, 0.29) is 18.9 Å². The first-order valence-corrected chi connectivity index (χ1v) is 12.2. The fourth-order valence-electron chi connectivity index (χ4n) is 4.18. The van der Waals surface area contributed by atoms with Gasteiger partial charge in [0, 0.05) is 32.2 Å². The van der Waals surface area contributed by atoms with Crippen LogP contribution in [0.5, 0.6) is 0 Å². The molecule has 0 aliphatic carbocycles. The van der Waals surface area contributed by atoms with E-state index >= 15 is 0 Å². The van der Waals surface area contributed by atoms with Crippen LogP contribution in [0.3, 0.4) is 0 Å². The zero-order valence-electron chi connectivity index (χ0n) is 18.0. The zero-order valence-corrected chi connectivity index (χ0v) is 18.9. The van der Waals surface area contributed by atoms with Gasteiger partial charge in [-0.05, 0) is 42.0 Å². The number of aromatic nitrogens is 2. The molecule has 3 aromatic carbocycles. The number of anilines is 1. The monoisotopic (exact) mass is 486 g/mol. The van der Waals surface area contributed by atoms with Crippen LogP contribution < -0.4 is 4.90 Å². The van der Waals surface area contributed by atoms with Crippen LogP contribution in [0.2, 0.25) is 0 Å². The van der Waals surface area contributed by atoms with Crippen LogP contribution in [0.1, 0.15) is 5.56 Å².